The van der Waals surface area contributed by atoms with Crippen LogP contribution in [-0.4, -0.2) is 53.4 Å². The van der Waals surface area contributed by atoms with Gasteiger partial charge in [0.15, 0.2) is 0 Å². The maximum atomic E-state index is 12.3. The van der Waals surface area contributed by atoms with Crippen LogP contribution >= 0.6 is 11.3 Å². The van der Waals surface area contributed by atoms with E-state index in [-0.39, 0.29) is 5.56 Å². The van der Waals surface area contributed by atoms with Crippen molar-refractivity contribution in [1.29, 1.82) is 0 Å². The summed E-state index contributed by atoms with van der Waals surface area (Å²) < 4.78 is 4.92. The Kier molecular flexibility index (Phi) is 4.58. The molecule has 0 bridgehead atoms. The van der Waals surface area contributed by atoms with Crippen LogP contribution in [0.2, 0.25) is 0 Å². The summed E-state index contributed by atoms with van der Waals surface area (Å²) in [5.74, 6) is 0.643. The lowest BCUT2D eigenvalue weighted by atomic mass is 10.2. The summed E-state index contributed by atoms with van der Waals surface area (Å²) in [7, 11) is 3.45. The summed E-state index contributed by atoms with van der Waals surface area (Å²) in [6.45, 7) is 1.26. The Hall–Kier alpha value is -1.28. The standard InChI is InChI=1S/C15H21N3O3S/c1-18(6-9(19)8-21-2)7-12-16-14(20)13-10-4-3-5-11(10)22-15(13)17-12/h9,19H,3-8H2,1-2H3,(H,16,17,20)/t9-/m1/s1. The third kappa shape index (κ3) is 3.08. The number of nitrogens with zero attached hydrogens (tertiary/aromatic N) is 2. The number of aliphatic hydroxyl groups is 1. The second kappa shape index (κ2) is 6.45. The van der Waals surface area contributed by atoms with Crippen LogP contribution in [0, 0.1) is 0 Å². The predicted molar refractivity (Wildman–Crippen MR) is 86.5 cm³/mol. The molecule has 120 valence electrons. The molecule has 1 aliphatic carbocycles. The predicted octanol–water partition coefficient (Wildman–Crippen LogP) is 0.912. The van der Waals surface area contributed by atoms with Gasteiger partial charge >= 0.3 is 0 Å². The van der Waals surface area contributed by atoms with Crippen LogP contribution in [0.5, 0.6) is 0 Å². The lowest BCUT2D eigenvalue weighted by Gasteiger charge is -2.19. The van der Waals surface area contributed by atoms with Gasteiger partial charge in [-0.25, -0.2) is 4.98 Å². The highest BCUT2D eigenvalue weighted by molar-refractivity contribution is 7.18. The fraction of sp³-hybridized carbons (Fsp3) is 0.600. The zero-order valence-corrected chi connectivity index (χ0v) is 13.7. The van der Waals surface area contributed by atoms with E-state index in [9.17, 15) is 9.90 Å². The quantitative estimate of drug-likeness (QED) is 0.826. The molecule has 6 nitrogen and oxygen atoms in total. The molecule has 0 aromatic carbocycles. The van der Waals surface area contributed by atoms with Crippen molar-refractivity contribution in [2.75, 3.05) is 27.3 Å². The summed E-state index contributed by atoms with van der Waals surface area (Å²) in [6, 6.07) is 0. The Bertz CT molecular complexity index is 725. The molecule has 0 spiro atoms. The van der Waals surface area contributed by atoms with E-state index in [1.54, 1.807) is 18.4 Å². The van der Waals surface area contributed by atoms with Gasteiger partial charge in [0.2, 0.25) is 0 Å². The molecule has 0 aliphatic heterocycles. The molecule has 0 amide bonds. The lowest BCUT2D eigenvalue weighted by molar-refractivity contribution is 0.0414. The van der Waals surface area contributed by atoms with Crippen LogP contribution in [0.3, 0.4) is 0 Å². The van der Waals surface area contributed by atoms with E-state index in [0.29, 0.717) is 25.5 Å². The minimum absolute atomic E-state index is 0.0368. The van der Waals surface area contributed by atoms with E-state index in [2.05, 4.69) is 9.97 Å². The molecule has 2 N–H and O–H groups in total. The summed E-state index contributed by atoms with van der Waals surface area (Å²) in [4.78, 5) is 23.9. The highest BCUT2D eigenvalue weighted by atomic mass is 32.1. The molecule has 0 unspecified atom stereocenters. The van der Waals surface area contributed by atoms with Crippen molar-refractivity contribution in [3.05, 3.63) is 26.6 Å². The third-order valence-corrected chi connectivity index (χ3v) is 5.11. The molecule has 7 heteroatoms. The van der Waals surface area contributed by atoms with Crippen molar-refractivity contribution < 1.29 is 9.84 Å². The number of aromatic amines is 1. The van der Waals surface area contributed by atoms with Gasteiger partial charge in [-0.1, -0.05) is 0 Å². The first-order valence-electron chi connectivity index (χ1n) is 7.47. The van der Waals surface area contributed by atoms with Gasteiger partial charge in [-0.3, -0.25) is 9.69 Å². The van der Waals surface area contributed by atoms with Crippen LogP contribution in [-0.2, 0) is 24.1 Å². The number of H-pyrrole nitrogens is 1. The third-order valence-electron chi connectivity index (χ3n) is 3.93. The number of likely N-dealkylation sites (N-methyl/N-ethyl adjacent to an activating group) is 1. The van der Waals surface area contributed by atoms with Crippen molar-refractivity contribution >= 4 is 21.6 Å². The van der Waals surface area contributed by atoms with Gasteiger partial charge < -0.3 is 14.8 Å². The summed E-state index contributed by atoms with van der Waals surface area (Å²) in [5, 5.41) is 10.5. The van der Waals surface area contributed by atoms with Gasteiger partial charge in [0.25, 0.3) is 5.56 Å². The lowest BCUT2D eigenvalue weighted by Crippen LogP contribution is -2.32. The fourth-order valence-electron chi connectivity index (χ4n) is 3.05. The maximum Gasteiger partial charge on any atom is 0.259 e. The smallest absolute Gasteiger partial charge is 0.259 e. The second-order valence-electron chi connectivity index (χ2n) is 5.86. The second-order valence-corrected chi connectivity index (χ2v) is 6.94. The maximum absolute atomic E-state index is 12.3. The van der Waals surface area contributed by atoms with Gasteiger partial charge in [-0.15, -0.1) is 11.3 Å². The van der Waals surface area contributed by atoms with Crippen LogP contribution in [0.25, 0.3) is 10.2 Å². The van der Waals surface area contributed by atoms with Crippen LogP contribution < -0.4 is 5.56 Å². The normalized spacial score (nSPS) is 15.6. The number of fused-ring (bicyclic) bond motifs is 3. The molecule has 0 saturated heterocycles. The zero-order chi connectivity index (χ0) is 15.7. The Morgan fingerprint density at radius 3 is 3.09 bits per heavy atom. The largest absolute Gasteiger partial charge is 0.389 e. The average Bonchev–Trinajstić information content (AvgIpc) is 2.97. The van der Waals surface area contributed by atoms with E-state index in [4.69, 9.17) is 4.74 Å². The van der Waals surface area contributed by atoms with Crippen LogP contribution in [0.4, 0.5) is 0 Å². The first-order valence-corrected chi connectivity index (χ1v) is 8.29. The Balaban J connectivity index is 1.79. The number of aryl methyl sites for hydroxylation is 2. The molecule has 2 aromatic heterocycles. The molecule has 0 saturated carbocycles. The van der Waals surface area contributed by atoms with E-state index < -0.39 is 6.10 Å². The molecule has 0 fully saturated rings. The van der Waals surface area contributed by atoms with Crippen molar-refractivity contribution in [3.8, 4) is 0 Å². The topological polar surface area (TPSA) is 78.5 Å². The minimum atomic E-state index is -0.545. The number of hydrogen-bond donors (Lipinski definition) is 2. The summed E-state index contributed by atoms with van der Waals surface area (Å²) in [5.41, 5.74) is 1.16. The van der Waals surface area contributed by atoms with E-state index >= 15 is 0 Å². The van der Waals surface area contributed by atoms with E-state index in [1.165, 1.54) is 10.4 Å². The highest BCUT2D eigenvalue weighted by Crippen LogP contribution is 2.34. The van der Waals surface area contributed by atoms with Crippen molar-refractivity contribution in [3.63, 3.8) is 0 Å². The molecule has 2 aromatic rings. The minimum Gasteiger partial charge on any atom is -0.389 e. The number of ether oxygens (including phenoxy) is 1. The van der Waals surface area contributed by atoms with Gasteiger partial charge in [-0.05, 0) is 31.9 Å². The first kappa shape index (κ1) is 15.6. The van der Waals surface area contributed by atoms with Gasteiger partial charge in [0.1, 0.15) is 10.7 Å². The SMILES string of the molecule is COC[C@H](O)CN(C)Cc1nc2sc3c(c2c(=O)[nH]1)CCC3. The van der Waals surface area contributed by atoms with Gasteiger partial charge in [0.05, 0.1) is 24.6 Å². The molecule has 2 heterocycles. The van der Waals surface area contributed by atoms with E-state index in [1.807, 2.05) is 11.9 Å². The molecule has 0 radical (unpaired) electrons. The zero-order valence-electron chi connectivity index (χ0n) is 12.9. The molecular weight excluding hydrogens is 302 g/mol. The number of aliphatic hydroxyl groups excluding tert-OH is 1. The van der Waals surface area contributed by atoms with Crippen molar-refractivity contribution in [2.45, 2.75) is 31.9 Å². The first-order chi connectivity index (χ1) is 10.6. The summed E-state index contributed by atoms with van der Waals surface area (Å²) in [6.07, 6.45) is 2.64. The molecule has 1 atom stereocenters. The van der Waals surface area contributed by atoms with Gasteiger partial charge in [-0.2, -0.15) is 0 Å². The van der Waals surface area contributed by atoms with Gasteiger partial charge in [0, 0.05) is 18.5 Å². The molecule has 22 heavy (non-hydrogen) atoms. The number of nitrogens with one attached hydrogen (secondary N) is 1. The molecule has 3 rings (SSSR count). The highest BCUT2D eigenvalue weighted by Gasteiger charge is 2.21. The Morgan fingerprint density at radius 1 is 1.50 bits per heavy atom. The fourth-order valence-corrected chi connectivity index (χ4v) is 4.33. The van der Waals surface area contributed by atoms with Crippen LogP contribution in [0.15, 0.2) is 4.79 Å². The number of thiophene rings is 1. The monoisotopic (exact) mass is 323 g/mol. The number of methoxy groups -OCH3 is 1. The number of aromatic nitrogens is 2. The van der Waals surface area contributed by atoms with E-state index in [0.717, 1.165) is 29.5 Å². The average molecular weight is 323 g/mol. The number of rotatable bonds is 6. The van der Waals surface area contributed by atoms with Crippen molar-refractivity contribution in [2.24, 2.45) is 0 Å². The Labute approximate surface area is 132 Å². The molecule has 1 aliphatic rings. The van der Waals surface area contributed by atoms with Crippen molar-refractivity contribution in [1.82, 2.24) is 14.9 Å². The van der Waals surface area contributed by atoms with Crippen LogP contribution in [0.1, 0.15) is 22.7 Å². The number of hydrogen-bond acceptors (Lipinski definition) is 6. The summed E-state index contributed by atoms with van der Waals surface area (Å²) >= 11 is 1.64. The Morgan fingerprint density at radius 2 is 2.32 bits per heavy atom. The molecular formula is C15H21N3O3S.